The number of aliphatic hydroxyl groups is 1. The molecule has 0 saturated heterocycles. The van der Waals surface area contributed by atoms with Gasteiger partial charge in [-0.15, -0.1) is 0 Å². The predicted octanol–water partition coefficient (Wildman–Crippen LogP) is 21.2. The Morgan fingerprint density at radius 2 is 0.554 bits per heavy atom. The maximum Gasteiger partial charge on any atom is 0.472 e. The van der Waals surface area contributed by atoms with Crippen LogP contribution in [0, 0.1) is 11.8 Å². The monoisotopic (exact) mass is 1350 g/mol. The Bertz CT molecular complexity index is 1790. The summed E-state index contributed by atoms with van der Waals surface area (Å²) in [6.07, 6.45) is 51.3. The molecular weight excluding hydrogens is 1210 g/mol. The van der Waals surface area contributed by atoms with Gasteiger partial charge >= 0.3 is 39.5 Å². The van der Waals surface area contributed by atoms with Gasteiger partial charge in [0.1, 0.15) is 19.3 Å². The third kappa shape index (κ3) is 65.4. The fraction of sp³-hybridized carbons (Fsp3) is 0.945. The first kappa shape index (κ1) is 90.1. The zero-order chi connectivity index (χ0) is 67.9. The van der Waals surface area contributed by atoms with E-state index in [1.807, 2.05) is 0 Å². The second-order valence-corrected chi connectivity index (χ2v) is 30.0. The highest BCUT2D eigenvalue weighted by Crippen LogP contribution is 2.45. The molecule has 0 rings (SSSR count). The van der Waals surface area contributed by atoms with Gasteiger partial charge in [0.2, 0.25) is 0 Å². The summed E-state index contributed by atoms with van der Waals surface area (Å²) < 4.78 is 68.3. The molecule has 0 bridgehead atoms. The van der Waals surface area contributed by atoms with Crippen molar-refractivity contribution in [1.82, 2.24) is 0 Å². The van der Waals surface area contributed by atoms with Crippen LogP contribution in [-0.4, -0.2) is 96.7 Å². The van der Waals surface area contributed by atoms with Crippen molar-refractivity contribution in [3.63, 3.8) is 0 Å². The van der Waals surface area contributed by atoms with Crippen LogP contribution in [-0.2, 0) is 65.4 Å². The molecule has 3 unspecified atom stereocenters. The quantitative estimate of drug-likeness (QED) is 0.0222. The number of aliphatic hydroxyl groups excluding tert-OH is 1. The number of esters is 4. The van der Waals surface area contributed by atoms with Crippen molar-refractivity contribution in [3.8, 4) is 0 Å². The number of phosphoric ester groups is 2. The van der Waals surface area contributed by atoms with Gasteiger partial charge in [0.15, 0.2) is 12.2 Å². The molecule has 0 heterocycles. The maximum absolute atomic E-state index is 13.1. The van der Waals surface area contributed by atoms with Crippen LogP contribution in [0.25, 0.3) is 0 Å². The average molecular weight is 1350 g/mol. The number of unbranched alkanes of at least 4 members (excludes halogenated alkanes) is 41. The average Bonchev–Trinajstić information content (AvgIpc) is 1.84. The van der Waals surface area contributed by atoms with E-state index in [-0.39, 0.29) is 25.7 Å². The van der Waals surface area contributed by atoms with E-state index in [4.69, 9.17) is 37.0 Å². The summed E-state index contributed by atoms with van der Waals surface area (Å²) in [5.74, 6) is -0.485. The summed E-state index contributed by atoms with van der Waals surface area (Å²) in [5, 5.41) is 10.6. The molecule has 0 amide bonds. The topological polar surface area (TPSA) is 237 Å². The molecule has 17 nitrogen and oxygen atoms in total. The minimum absolute atomic E-state index is 0.106. The lowest BCUT2D eigenvalue weighted by Crippen LogP contribution is -2.30. The van der Waals surface area contributed by atoms with E-state index < -0.39 is 97.5 Å². The van der Waals surface area contributed by atoms with Crippen molar-refractivity contribution in [1.29, 1.82) is 0 Å². The second-order valence-electron chi connectivity index (χ2n) is 27.1. The summed E-state index contributed by atoms with van der Waals surface area (Å²) in [4.78, 5) is 72.5. The largest absolute Gasteiger partial charge is 0.472 e. The Labute approximate surface area is 562 Å². The van der Waals surface area contributed by atoms with Gasteiger partial charge in [-0.05, 0) is 37.5 Å². The number of carbonyl (C=O) groups is 4. The molecule has 0 aliphatic rings. The van der Waals surface area contributed by atoms with Crippen LogP contribution >= 0.6 is 15.6 Å². The van der Waals surface area contributed by atoms with E-state index in [0.29, 0.717) is 25.7 Å². The third-order valence-corrected chi connectivity index (χ3v) is 19.2. The highest BCUT2D eigenvalue weighted by molar-refractivity contribution is 7.47. The highest BCUT2D eigenvalue weighted by Gasteiger charge is 2.30. The van der Waals surface area contributed by atoms with Crippen LogP contribution < -0.4 is 0 Å². The molecule has 546 valence electrons. The fourth-order valence-corrected chi connectivity index (χ4v) is 12.7. The van der Waals surface area contributed by atoms with E-state index in [1.54, 1.807) is 0 Å². The van der Waals surface area contributed by atoms with Gasteiger partial charge in [-0.3, -0.25) is 37.3 Å². The summed E-state index contributed by atoms with van der Waals surface area (Å²) in [7, 11) is -9.90. The normalized spacial score (nSPS) is 14.4. The lowest BCUT2D eigenvalue weighted by Gasteiger charge is -2.21. The number of rotatable bonds is 72. The van der Waals surface area contributed by atoms with Gasteiger partial charge in [0, 0.05) is 25.7 Å². The predicted molar refractivity (Wildman–Crippen MR) is 372 cm³/mol. The first-order valence-electron chi connectivity index (χ1n) is 38.0. The van der Waals surface area contributed by atoms with E-state index in [1.165, 1.54) is 186 Å². The van der Waals surface area contributed by atoms with Crippen molar-refractivity contribution in [2.75, 3.05) is 39.6 Å². The molecule has 0 aliphatic carbocycles. The number of carbonyl (C=O) groups excluding carboxylic acids is 4. The summed E-state index contributed by atoms with van der Waals surface area (Å²) in [6, 6.07) is 0. The lowest BCUT2D eigenvalue weighted by molar-refractivity contribution is -0.161. The minimum atomic E-state index is -4.95. The summed E-state index contributed by atoms with van der Waals surface area (Å²) in [5.41, 5.74) is 0. The molecule has 0 aromatic heterocycles. The summed E-state index contributed by atoms with van der Waals surface area (Å²) in [6.45, 7) is 9.61. The van der Waals surface area contributed by atoms with Crippen LogP contribution in [0.1, 0.15) is 375 Å². The van der Waals surface area contributed by atoms with Gasteiger partial charge in [-0.25, -0.2) is 9.13 Å². The molecule has 0 aliphatic heterocycles. The van der Waals surface area contributed by atoms with Crippen LogP contribution in [0.4, 0.5) is 0 Å². The molecule has 0 radical (unpaired) electrons. The molecule has 3 N–H and O–H groups in total. The highest BCUT2D eigenvalue weighted by atomic mass is 31.2. The number of hydrogen-bond donors (Lipinski definition) is 3. The standard InChI is InChI=1S/C73H142O17P2/c1-7-10-12-14-16-18-32-39-45-51-57-72(77)89-68(61-83-70(75)55-49-43-37-17-15-13-11-8-2)63-87-91(79,80)85-59-67(74)60-86-92(81,82)88-64-69(62-84-71(76)56-50-44-38-33-28-25-21-22-26-30-35-41-47-53-65(4)5)90-73(78)58-52-46-40-34-29-24-20-19-23-27-31-36-42-48-54-66(6)9-3/h65-69,74H,7-64H2,1-6H3,(H,79,80)(H,81,82)/t66?,67-,68+,69+/m0/s1. The molecule has 6 atom stereocenters. The van der Waals surface area contributed by atoms with Gasteiger partial charge in [0.05, 0.1) is 26.4 Å². The van der Waals surface area contributed by atoms with Crippen molar-refractivity contribution < 1.29 is 80.2 Å². The Morgan fingerprint density at radius 1 is 0.315 bits per heavy atom. The fourth-order valence-electron chi connectivity index (χ4n) is 11.1. The van der Waals surface area contributed by atoms with Gasteiger partial charge < -0.3 is 33.8 Å². The molecule has 19 heteroatoms. The Morgan fingerprint density at radius 3 is 0.826 bits per heavy atom. The minimum Gasteiger partial charge on any atom is -0.462 e. The van der Waals surface area contributed by atoms with Gasteiger partial charge in [-0.2, -0.15) is 0 Å². The van der Waals surface area contributed by atoms with Crippen molar-refractivity contribution >= 4 is 39.5 Å². The molecule has 0 aromatic carbocycles. The van der Waals surface area contributed by atoms with Crippen LogP contribution in [0.15, 0.2) is 0 Å². The lowest BCUT2D eigenvalue weighted by atomic mass is 9.99. The van der Waals surface area contributed by atoms with Crippen molar-refractivity contribution in [2.45, 2.75) is 394 Å². The van der Waals surface area contributed by atoms with E-state index in [2.05, 4.69) is 41.5 Å². The zero-order valence-electron chi connectivity index (χ0n) is 59.9. The Kier molecular flexibility index (Phi) is 63.7. The maximum atomic E-state index is 13.1. The van der Waals surface area contributed by atoms with Gasteiger partial charge in [0.25, 0.3) is 0 Å². The number of ether oxygens (including phenoxy) is 4. The van der Waals surface area contributed by atoms with E-state index >= 15 is 0 Å². The molecule has 0 spiro atoms. The third-order valence-electron chi connectivity index (χ3n) is 17.3. The molecule has 92 heavy (non-hydrogen) atoms. The second kappa shape index (κ2) is 65.0. The van der Waals surface area contributed by atoms with Crippen molar-refractivity contribution in [2.24, 2.45) is 11.8 Å². The van der Waals surface area contributed by atoms with E-state index in [0.717, 1.165) is 108 Å². The Balaban J connectivity index is 5.20. The van der Waals surface area contributed by atoms with Gasteiger partial charge in [-0.1, -0.05) is 324 Å². The molecule has 0 saturated carbocycles. The Hall–Kier alpha value is -1.94. The molecular formula is C73H142O17P2. The summed E-state index contributed by atoms with van der Waals surface area (Å²) >= 11 is 0. The molecule has 0 fully saturated rings. The first-order chi connectivity index (χ1) is 44.4. The smallest absolute Gasteiger partial charge is 0.462 e. The SMILES string of the molecule is CCCCCCCCCCCCC(=O)O[C@H](COC(=O)CCCCCCCCCC)COP(=O)(O)OC[C@H](O)COP(=O)(O)OC[C@@H](COC(=O)CCCCCCCCCCCCCCCC(C)C)OC(=O)CCCCCCCCCCCCCCCCC(C)CC. The first-order valence-corrected chi connectivity index (χ1v) is 41.0. The van der Waals surface area contributed by atoms with E-state index in [9.17, 15) is 43.2 Å². The van der Waals surface area contributed by atoms with Crippen LogP contribution in [0.3, 0.4) is 0 Å². The molecule has 0 aromatic rings. The van der Waals surface area contributed by atoms with Crippen LogP contribution in [0.5, 0.6) is 0 Å². The number of phosphoric acid groups is 2. The number of hydrogen-bond acceptors (Lipinski definition) is 15. The zero-order valence-corrected chi connectivity index (χ0v) is 61.6. The van der Waals surface area contributed by atoms with Crippen molar-refractivity contribution in [3.05, 3.63) is 0 Å². The van der Waals surface area contributed by atoms with Crippen LogP contribution in [0.2, 0.25) is 0 Å².